The zero-order chi connectivity index (χ0) is 47.8. The number of hydrogen-bond donors (Lipinski definition) is 10. The molecule has 4 atom stereocenters. The maximum absolute atomic E-state index is 15.5. The van der Waals surface area contributed by atoms with E-state index in [1.807, 2.05) is 6.92 Å². The lowest BCUT2D eigenvalue weighted by molar-refractivity contribution is -0.119. The third-order valence-electron chi connectivity index (χ3n) is 11.5. The monoisotopic (exact) mass is 912 g/mol. The number of rotatable bonds is 23. The fraction of sp³-hybridized carbons (Fsp3) is 0.500. The van der Waals surface area contributed by atoms with Gasteiger partial charge in [0, 0.05) is 36.7 Å². The first-order valence-corrected chi connectivity index (χ1v) is 22.0. The minimum Gasteiger partial charge on any atom is -0.495 e. The van der Waals surface area contributed by atoms with Crippen molar-refractivity contribution in [3.63, 3.8) is 0 Å². The number of nitrogen functional groups attached to an aromatic ring is 3. The van der Waals surface area contributed by atoms with Gasteiger partial charge in [-0.3, -0.25) is 9.78 Å². The maximum Gasteiger partial charge on any atom is 0.222 e. The van der Waals surface area contributed by atoms with Crippen molar-refractivity contribution in [3.8, 4) is 5.75 Å². The number of nitrogens with zero attached hydrogens (tertiary/aromatic N) is 9. The predicted molar refractivity (Wildman–Crippen MR) is 252 cm³/mol. The number of unbranched alkanes of at least 4 members (excludes halogenated alkanes) is 2. The number of carbonyl (C=O) groups is 1. The quantitative estimate of drug-likeness (QED) is 0.0406. The highest BCUT2D eigenvalue weighted by molar-refractivity contribution is 5.91. The van der Waals surface area contributed by atoms with Gasteiger partial charge in [-0.05, 0) is 65.0 Å². The number of nitrogens with two attached hydrogens (primary N) is 3. The molecule has 1 amide bonds. The number of amides is 1. The van der Waals surface area contributed by atoms with Crippen molar-refractivity contribution in [1.29, 1.82) is 0 Å². The molecule has 21 nitrogen and oxygen atoms in total. The molecule has 0 radical (unpaired) electrons. The smallest absolute Gasteiger partial charge is 0.222 e. The zero-order valence-corrected chi connectivity index (χ0v) is 38.2. The molecule has 1 unspecified atom stereocenters. The Balaban J connectivity index is 1.22. The van der Waals surface area contributed by atoms with Crippen molar-refractivity contribution in [2.45, 2.75) is 115 Å². The van der Waals surface area contributed by atoms with Crippen LogP contribution in [0.5, 0.6) is 5.75 Å². The molecule has 22 heteroatoms. The number of nitrogens with one attached hydrogen (secondary N) is 4. The van der Waals surface area contributed by atoms with Crippen LogP contribution >= 0.6 is 0 Å². The molecule has 0 aliphatic carbocycles. The van der Waals surface area contributed by atoms with Gasteiger partial charge in [-0.15, -0.1) is 0 Å². The van der Waals surface area contributed by atoms with Gasteiger partial charge in [0.1, 0.15) is 39.2 Å². The fourth-order valence-electron chi connectivity index (χ4n) is 8.10. The highest BCUT2D eigenvalue weighted by atomic mass is 19.1. The van der Waals surface area contributed by atoms with Gasteiger partial charge in [0.2, 0.25) is 23.8 Å². The van der Waals surface area contributed by atoms with E-state index in [9.17, 15) is 20.1 Å². The number of halogens is 1. The van der Waals surface area contributed by atoms with Crippen LogP contribution in [0.3, 0.4) is 0 Å². The van der Waals surface area contributed by atoms with Crippen molar-refractivity contribution in [3.05, 3.63) is 47.7 Å². The largest absolute Gasteiger partial charge is 0.495 e. The summed E-state index contributed by atoms with van der Waals surface area (Å²) in [5.74, 6) is -0.375. The van der Waals surface area contributed by atoms with Crippen molar-refractivity contribution in [1.82, 2.24) is 50.2 Å². The molecule has 6 heterocycles. The van der Waals surface area contributed by atoms with Crippen LogP contribution < -0.4 is 43.2 Å². The molecule has 0 spiro atoms. The summed E-state index contributed by atoms with van der Waals surface area (Å²) in [5.41, 5.74) is 19.5. The number of ether oxygens (including phenoxy) is 1. The summed E-state index contributed by atoms with van der Waals surface area (Å²) < 4.78 is 21.3. The molecule has 6 rings (SSSR count). The minimum atomic E-state index is -1.42. The Morgan fingerprint density at radius 1 is 0.818 bits per heavy atom. The number of hydrogen-bond acceptors (Lipinski definition) is 20. The summed E-state index contributed by atoms with van der Waals surface area (Å²) in [6.45, 7) is 8.47. The van der Waals surface area contributed by atoms with Gasteiger partial charge in [0.05, 0.1) is 61.5 Å². The summed E-state index contributed by atoms with van der Waals surface area (Å²) in [6.07, 6.45) is 8.70. The summed E-state index contributed by atoms with van der Waals surface area (Å²) in [7, 11) is 1.47. The lowest BCUT2D eigenvalue weighted by atomic mass is 9.79. The Kier molecular flexibility index (Phi) is 15.6. The first-order valence-electron chi connectivity index (χ1n) is 22.0. The molecule has 13 N–H and O–H groups in total. The van der Waals surface area contributed by atoms with Gasteiger partial charge < -0.3 is 58.5 Å². The lowest BCUT2D eigenvalue weighted by Crippen LogP contribution is -2.46. The molecule has 6 aromatic heterocycles. The highest BCUT2D eigenvalue weighted by Gasteiger charge is 2.36. The van der Waals surface area contributed by atoms with Crippen molar-refractivity contribution >= 4 is 74.3 Å². The molecule has 0 saturated carbocycles. The molecule has 6 aromatic rings. The number of aromatic nitrogens is 9. The van der Waals surface area contributed by atoms with Gasteiger partial charge in [-0.2, -0.15) is 15.0 Å². The number of methoxy groups -OCH3 is 1. The normalized spacial score (nSPS) is 14.2. The van der Waals surface area contributed by atoms with E-state index in [-0.39, 0.29) is 61.1 Å². The number of anilines is 6. The summed E-state index contributed by atoms with van der Waals surface area (Å²) in [4.78, 5) is 51.7. The molecular weight excluding hydrogens is 852 g/mol. The van der Waals surface area contributed by atoms with Crippen molar-refractivity contribution in [2.75, 3.05) is 60.0 Å². The summed E-state index contributed by atoms with van der Waals surface area (Å²) >= 11 is 0. The van der Waals surface area contributed by atoms with Crippen molar-refractivity contribution < 1.29 is 29.2 Å². The van der Waals surface area contributed by atoms with Crippen LogP contribution in [0, 0.1) is 5.82 Å². The molecule has 0 bridgehead atoms. The van der Waals surface area contributed by atoms with Gasteiger partial charge in [-0.25, -0.2) is 29.3 Å². The Bertz CT molecular complexity index is 2650. The standard InChI is InChI=1S/C44H61FN16O5/c1-7-8-15-44(5,22-52-23(2)64)61-39-35-32(56-41(47)60-39)26(28(45)18-50-35)13-10-9-12-24(20-62)53-38-36-34(57-42(48)59-38)31(30(66-6)19-51-36)27(43(3,4)65)17-25(21-63)54-37-33-29(14-11-16-49-33)55-40(46)58-37/h11,14,16,18-19,24-25,27,62-63,65H,7-10,12-13,15,17,20-22H2,1-6H3,(H,52,64)(H3,46,54,55,58)(H3,47,56,60,61)(H3,48,53,57,59)/t24-,25-,27?,44-/m1/s1. The van der Waals surface area contributed by atoms with E-state index in [0.29, 0.717) is 88.3 Å². The second-order valence-corrected chi connectivity index (χ2v) is 17.3. The van der Waals surface area contributed by atoms with E-state index < -0.39 is 35.0 Å². The molecule has 354 valence electrons. The number of fused-ring (bicyclic) bond motifs is 3. The summed E-state index contributed by atoms with van der Waals surface area (Å²) in [5, 5.41) is 45.8. The molecule has 0 fully saturated rings. The second-order valence-electron chi connectivity index (χ2n) is 17.3. The number of aryl methyl sites for hydroxylation is 1. The third kappa shape index (κ3) is 11.6. The topological polar surface area (TPSA) is 329 Å². The van der Waals surface area contributed by atoms with Crippen LogP contribution in [-0.4, -0.2) is 116 Å². The number of aliphatic hydroxyl groups excluding tert-OH is 2. The molecule has 0 aliphatic heterocycles. The minimum absolute atomic E-state index is 0.0193. The molecular formula is C44H61FN16O5. The van der Waals surface area contributed by atoms with Crippen LogP contribution in [0.15, 0.2) is 30.7 Å². The van der Waals surface area contributed by atoms with Crippen molar-refractivity contribution in [2.24, 2.45) is 0 Å². The van der Waals surface area contributed by atoms with E-state index in [1.54, 1.807) is 32.2 Å². The van der Waals surface area contributed by atoms with E-state index >= 15 is 4.39 Å². The first-order chi connectivity index (χ1) is 31.5. The summed E-state index contributed by atoms with van der Waals surface area (Å²) in [6, 6.07) is 2.26. The molecule has 66 heavy (non-hydrogen) atoms. The van der Waals surface area contributed by atoms with E-state index in [2.05, 4.69) is 73.0 Å². The Morgan fingerprint density at radius 3 is 2.12 bits per heavy atom. The molecule has 0 aliphatic rings. The highest BCUT2D eigenvalue weighted by Crippen LogP contribution is 2.42. The van der Waals surface area contributed by atoms with Gasteiger partial charge in [-0.1, -0.05) is 26.2 Å². The number of pyridine rings is 3. The van der Waals surface area contributed by atoms with Gasteiger partial charge >= 0.3 is 0 Å². The molecule has 0 saturated heterocycles. The van der Waals surface area contributed by atoms with Crippen LogP contribution in [0.4, 0.5) is 39.7 Å². The van der Waals surface area contributed by atoms with Gasteiger partial charge in [0.15, 0.2) is 17.5 Å². The third-order valence-corrected chi connectivity index (χ3v) is 11.5. The van der Waals surface area contributed by atoms with Crippen LogP contribution in [-0.2, 0) is 11.2 Å². The zero-order valence-electron chi connectivity index (χ0n) is 38.2. The van der Waals surface area contributed by atoms with Crippen LogP contribution in [0.1, 0.15) is 96.6 Å². The fourth-order valence-corrected chi connectivity index (χ4v) is 8.10. The Morgan fingerprint density at radius 2 is 1.45 bits per heavy atom. The SMILES string of the molecule is CCCC[C@](C)(CNC(C)=O)Nc1nc(N)nc2c(CCCC[C@H](CO)Nc3nc(N)nc4c(C(C[C@H](CO)Nc5nc(N)nc6cccnc56)C(C)(C)O)c(OC)cnc34)c(F)cnc12. The van der Waals surface area contributed by atoms with Crippen LogP contribution in [0.25, 0.3) is 33.1 Å². The van der Waals surface area contributed by atoms with E-state index in [0.717, 1.165) is 19.0 Å². The molecule has 0 aromatic carbocycles. The first kappa shape index (κ1) is 48.8. The Hall–Kier alpha value is -6.65. The predicted octanol–water partition coefficient (Wildman–Crippen LogP) is 4.00. The maximum atomic E-state index is 15.5. The second kappa shape index (κ2) is 21.1. The van der Waals surface area contributed by atoms with E-state index in [4.69, 9.17) is 21.9 Å². The lowest BCUT2D eigenvalue weighted by Gasteiger charge is -2.34. The van der Waals surface area contributed by atoms with E-state index in [1.165, 1.54) is 20.2 Å². The Labute approximate surface area is 381 Å². The van der Waals surface area contributed by atoms with Crippen LogP contribution in [0.2, 0.25) is 0 Å². The average molecular weight is 913 g/mol. The number of carbonyl (C=O) groups excluding carboxylic acids is 1. The van der Waals surface area contributed by atoms with Gasteiger partial charge in [0.25, 0.3) is 0 Å². The number of aliphatic hydroxyl groups is 3. The average Bonchev–Trinajstić information content (AvgIpc) is 3.27.